The number of rotatable bonds is 5. The summed E-state index contributed by atoms with van der Waals surface area (Å²) in [6.07, 6.45) is -8.45. The van der Waals surface area contributed by atoms with Crippen LogP contribution in [-0.2, 0) is 4.79 Å². The van der Waals surface area contributed by atoms with E-state index in [2.05, 4.69) is 0 Å². The van der Waals surface area contributed by atoms with E-state index < -0.39 is 30.8 Å². The van der Waals surface area contributed by atoms with E-state index in [1.54, 1.807) is 0 Å². The van der Waals surface area contributed by atoms with E-state index in [4.69, 9.17) is 15.1 Å². The van der Waals surface area contributed by atoms with Gasteiger partial charge in [0.1, 0.15) is 5.75 Å². The van der Waals surface area contributed by atoms with Crippen molar-refractivity contribution in [1.29, 1.82) is 5.26 Å². The van der Waals surface area contributed by atoms with Crippen molar-refractivity contribution in [2.75, 3.05) is 6.54 Å². The zero-order chi connectivity index (χ0) is 16.0. The minimum atomic E-state index is -4.79. The fourth-order valence-electron chi connectivity index (χ4n) is 1.32. The van der Waals surface area contributed by atoms with Crippen LogP contribution in [0.5, 0.6) is 5.75 Å². The van der Waals surface area contributed by atoms with Gasteiger partial charge < -0.3 is 15.2 Å². The molecule has 5 nitrogen and oxygen atoms in total. The van der Waals surface area contributed by atoms with Crippen LogP contribution in [-0.4, -0.2) is 35.9 Å². The van der Waals surface area contributed by atoms with E-state index in [0.717, 1.165) is 0 Å². The second-order valence-corrected chi connectivity index (χ2v) is 4.20. The molecule has 21 heavy (non-hydrogen) atoms. The number of aliphatic hydroxyl groups is 1. The molecule has 114 valence electrons. The van der Waals surface area contributed by atoms with Crippen LogP contribution in [0.3, 0.4) is 0 Å². The lowest BCUT2D eigenvalue weighted by Gasteiger charge is -2.18. The SMILES string of the molecule is CC(Oc1ccc(C#N)cc1)C(=O)NCC(O)C(F)(F)F. The van der Waals surface area contributed by atoms with Gasteiger partial charge in [-0.15, -0.1) is 0 Å². The molecule has 8 heteroatoms. The summed E-state index contributed by atoms with van der Waals surface area (Å²) in [4.78, 5) is 11.5. The molecule has 0 heterocycles. The topological polar surface area (TPSA) is 82.3 Å². The molecule has 1 rings (SSSR count). The van der Waals surface area contributed by atoms with Gasteiger partial charge in [-0.05, 0) is 31.2 Å². The van der Waals surface area contributed by atoms with Gasteiger partial charge in [0.05, 0.1) is 18.2 Å². The molecule has 0 aliphatic heterocycles. The Hall–Kier alpha value is -2.27. The highest BCUT2D eigenvalue weighted by atomic mass is 19.4. The van der Waals surface area contributed by atoms with Gasteiger partial charge in [0.15, 0.2) is 12.2 Å². The van der Waals surface area contributed by atoms with E-state index in [-0.39, 0.29) is 0 Å². The van der Waals surface area contributed by atoms with Crippen LogP contribution >= 0.6 is 0 Å². The molecule has 0 spiro atoms. The first-order valence-electron chi connectivity index (χ1n) is 5.93. The largest absolute Gasteiger partial charge is 0.481 e. The van der Waals surface area contributed by atoms with E-state index in [1.165, 1.54) is 31.2 Å². The Balaban J connectivity index is 2.49. The monoisotopic (exact) mass is 302 g/mol. The molecule has 0 saturated carbocycles. The molecular formula is C13H13F3N2O3. The van der Waals surface area contributed by atoms with Crippen LogP contribution < -0.4 is 10.1 Å². The smallest absolute Gasteiger partial charge is 0.416 e. The number of hydrogen-bond acceptors (Lipinski definition) is 4. The Bertz CT molecular complexity index is 523. The third-order valence-electron chi connectivity index (χ3n) is 2.51. The number of alkyl halides is 3. The number of halogens is 3. The van der Waals surface area contributed by atoms with Gasteiger partial charge in [-0.25, -0.2) is 0 Å². The Labute approximate surface area is 118 Å². The summed E-state index contributed by atoms with van der Waals surface area (Å²) in [7, 11) is 0. The van der Waals surface area contributed by atoms with Gasteiger partial charge in [-0.2, -0.15) is 18.4 Å². The Morgan fingerprint density at radius 1 is 1.43 bits per heavy atom. The maximum Gasteiger partial charge on any atom is 0.416 e. The number of ether oxygens (including phenoxy) is 1. The zero-order valence-electron chi connectivity index (χ0n) is 11.0. The highest BCUT2D eigenvalue weighted by Crippen LogP contribution is 2.19. The molecule has 1 aromatic carbocycles. The Morgan fingerprint density at radius 2 is 2.00 bits per heavy atom. The number of aliphatic hydroxyl groups excluding tert-OH is 1. The Morgan fingerprint density at radius 3 is 2.48 bits per heavy atom. The normalized spacial score (nSPS) is 13.9. The summed E-state index contributed by atoms with van der Waals surface area (Å²) >= 11 is 0. The van der Waals surface area contributed by atoms with Crippen molar-refractivity contribution in [2.45, 2.75) is 25.3 Å². The number of amides is 1. The molecule has 0 fully saturated rings. The van der Waals surface area contributed by atoms with Crippen molar-refractivity contribution < 1.29 is 27.8 Å². The molecule has 0 aliphatic carbocycles. The first-order chi connectivity index (χ1) is 9.74. The summed E-state index contributed by atoms with van der Waals surface area (Å²) in [5.41, 5.74) is 0.410. The molecule has 2 N–H and O–H groups in total. The van der Waals surface area contributed by atoms with Gasteiger partial charge in [0.25, 0.3) is 5.91 Å². The lowest BCUT2D eigenvalue weighted by Crippen LogP contribution is -2.44. The second kappa shape index (κ2) is 6.95. The second-order valence-electron chi connectivity index (χ2n) is 4.20. The number of nitrogens with zero attached hydrogens (tertiary/aromatic N) is 1. The number of hydrogen-bond donors (Lipinski definition) is 2. The quantitative estimate of drug-likeness (QED) is 0.860. The van der Waals surface area contributed by atoms with E-state index in [1.807, 2.05) is 11.4 Å². The van der Waals surface area contributed by atoms with Crippen molar-refractivity contribution >= 4 is 5.91 Å². The van der Waals surface area contributed by atoms with Gasteiger partial charge in [-0.3, -0.25) is 4.79 Å². The van der Waals surface area contributed by atoms with E-state index in [0.29, 0.717) is 11.3 Å². The van der Waals surface area contributed by atoms with Gasteiger partial charge in [0, 0.05) is 0 Å². The van der Waals surface area contributed by atoms with Crippen molar-refractivity contribution in [3.8, 4) is 11.8 Å². The van der Waals surface area contributed by atoms with Crippen molar-refractivity contribution in [2.24, 2.45) is 0 Å². The molecule has 0 radical (unpaired) electrons. The number of benzene rings is 1. The first-order valence-corrected chi connectivity index (χ1v) is 5.93. The predicted octanol–water partition coefficient (Wildman–Crippen LogP) is 1.36. The van der Waals surface area contributed by atoms with Crippen molar-refractivity contribution in [3.63, 3.8) is 0 Å². The maximum atomic E-state index is 12.1. The summed E-state index contributed by atoms with van der Waals surface area (Å²) < 4.78 is 41.4. The zero-order valence-corrected chi connectivity index (χ0v) is 11.0. The van der Waals surface area contributed by atoms with Gasteiger partial charge >= 0.3 is 6.18 Å². The lowest BCUT2D eigenvalue weighted by atomic mass is 10.2. The third-order valence-corrected chi connectivity index (χ3v) is 2.51. The maximum absolute atomic E-state index is 12.1. The molecular weight excluding hydrogens is 289 g/mol. The fraction of sp³-hybridized carbons (Fsp3) is 0.385. The van der Waals surface area contributed by atoms with E-state index >= 15 is 0 Å². The molecule has 1 amide bonds. The van der Waals surface area contributed by atoms with Crippen LogP contribution in [0.2, 0.25) is 0 Å². The predicted molar refractivity (Wildman–Crippen MR) is 66.3 cm³/mol. The van der Waals surface area contributed by atoms with Crippen LogP contribution in [0, 0.1) is 11.3 Å². The van der Waals surface area contributed by atoms with Crippen LogP contribution in [0.1, 0.15) is 12.5 Å². The number of nitrogens with one attached hydrogen (secondary N) is 1. The highest BCUT2D eigenvalue weighted by molar-refractivity contribution is 5.80. The summed E-state index contributed by atoms with van der Waals surface area (Å²) in [5.74, 6) is -0.490. The van der Waals surface area contributed by atoms with Crippen LogP contribution in [0.15, 0.2) is 24.3 Å². The first kappa shape index (κ1) is 16.8. The van der Waals surface area contributed by atoms with Gasteiger partial charge in [-0.1, -0.05) is 0 Å². The number of carbonyl (C=O) groups excluding carboxylic acids is 1. The summed E-state index contributed by atoms with van der Waals surface area (Å²) in [6.45, 7) is 0.414. The highest BCUT2D eigenvalue weighted by Gasteiger charge is 2.38. The van der Waals surface area contributed by atoms with Crippen molar-refractivity contribution in [1.82, 2.24) is 5.32 Å². The lowest BCUT2D eigenvalue weighted by molar-refractivity contribution is -0.202. The fourth-order valence-corrected chi connectivity index (χ4v) is 1.32. The molecule has 1 aromatic rings. The standard InChI is InChI=1S/C13H13F3N2O3/c1-8(12(20)18-7-11(19)13(14,15)16)21-10-4-2-9(6-17)3-5-10/h2-5,8,11,19H,7H2,1H3,(H,18,20). The Kier molecular flexibility index (Phi) is 5.55. The third kappa shape index (κ3) is 5.31. The molecule has 2 unspecified atom stereocenters. The van der Waals surface area contributed by atoms with Crippen LogP contribution in [0.25, 0.3) is 0 Å². The number of carbonyl (C=O) groups is 1. The molecule has 0 saturated heterocycles. The minimum absolute atomic E-state index is 0.299. The number of nitriles is 1. The molecule has 0 aliphatic rings. The molecule has 2 atom stereocenters. The molecule has 0 aromatic heterocycles. The van der Waals surface area contributed by atoms with Gasteiger partial charge in [0.2, 0.25) is 0 Å². The van der Waals surface area contributed by atoms with Crippen molar-refractivity contribution in [3.05, 3.63) is 29.8 Å². The molecule has 0 bridgehead atoms. The summed E-state index contributed by atoms with van der Waals surface area (Å²) in [6, 6.07) is 7.80. The average molecular weight is 302 g/mol. The van der Waals surface area contributed by atoms with Crippen LogP contribution in [0.4, 0.5) is 13.2 Å². The minimum Gasteiger partial charge on any atom is -0.481 e. The average Bonchev–Trinajstić information content (AvgIpc) is 2.44. The summed E-state index contributed by atoms with van der Waals surface area (Å²) in [5, 5.41) is 19.3. The van der Waals surface area contributed by atoms with E-state index in [9.17, 15) is 18.0 Å².